The molecule has 0 spiro atoms. The quantitative estimate of drug-likeness (QED) is 0.873. The first-order chi connectivity index (χ1) is 8.47. The number of amides is 1. The first-order valence-electron chi connectivity index (χ1n) is 5.77. The molecule has 1 heterocycles. The van der Waals surface area contributed by atoms with Crippen molar-refractivity contribution < 1.29 is 19.1 Å². The highest BCUT2D eigenvalue weighted by atomic mass is 19.1. The summed E-state index contributed by atoms with van der Waals surface area (Å²) >= 11 is 0. The molecule has 5 heteroatoms. The van der Waals surface area contributed by atoms with Crippen LogP contribution < -0.4 is 0 Å². The first-order valence-corrected chi connectivity index (χ1v) is 5.77. The van der Waals surface area contributed by atoms with Gasteiger partial charge in [-0.2, -0.15) is 0 Å². The van der Waals surface area contributed by atoms with Gasteiger partial charge in [-0.15, -0.1) is 0 Å². The van der Waals surface area contributed by atoms with E-state index >= 15 is 0 Å². The summed E-state index contributed by atoms with van der Waals surface area (Å²) in [6.45, 7) is 1.84. The summed E-state index contributed by atoms with van der Waals surface area (Å²) < 4.78 is 13.6. The van der Waals surface area contributed by atoms with Crippen LogP contribution in [0.1, 0.15) is 30.1 Å². The second-order valence-corrected chi connectivity index (χ2v) is 4.62. The van der Waals surface area contributed by atoms with Crippen LogP contribution >= 0.6 is 0 Å². The lowest BCUT2D eigenvalue weighted by atomic mass is 9.98. The number of halogens is 1. The minimum Gasteiger partial charge on any atom is -0.480 e. The number of carboxylic acid groups (broad SMARTS) is 1. The molecule has 1 unspecified atom stereocenters. The average Bonchev–Trinajstić information content (AvgIpc) is 2.72. The summed E-state index contributed by atoms with van der Waals surface area (Å²) in [6, 6.07) is 5.62. The third-order valence-electron chi connectivity index (χ3n) is 3.45. The molecule has 0 bridgehead atoms. The lowest BCUT2D eigenvalue weighted by Gasteiger charge is -2.31. The Bertz CT molecular complexity index is 503. The number of hydrogen-bond acceptors (Lipinski definition) is 2. The lowest BCUT2D eigenvalue weighted by molar-refractivity contribution is -0.147. The van der Waals surface area contributed by atoms with E-state index in [0.29, 0.717) is 19.4 Å². The number of nitrogens with zero attached hydrogens (tertiary/aromatic N) is 1. The van der Waals surface area contributed by atoms with Crippen molar-refractivity contribution in [2.45, 2.75) is 25.3 Å². The van der Waals surface area contributed by atoms with Crippen molar-refractivity contribution in [3.63, 3.8) is 0 Å². The average molecular weight is 251 g/mol. The number of benzene rings is 1. The van der Waals surface area contributed by atoms with Crippen LogP contribution in [-0.2, 0) is 4.79 Å². The summed E-state index contributed by atoms with van der Waals surface area (Å²) in [5.41, 5.74) is -1.31. The molecular weight excluding hydrogens is 237 g/mol. The second kappa shape index (κ2) is 4.40. The summed E-state index contributed by atoms with van der Waals surface area (Å²) in [4.78, 5) is 24.7. The molecule has 1 aromatic rings. The largest absolute Gasteiger partial charge is 0.480 e. The van der Waals surface area contributed by atoms with Gasteiger partial charge >= 0.3 is 5.97 Å². The maximum atomic E-state index is 13.6. The van der Waals surface area contributed by atoms with Gasteiger partial charge in [-0.1, -0.05) is 12.1 Å². The highest BCUT2D eigenvalue weighted by molar-refractivity contribution is 5.98. The molecule has 0 aliphatic carbocycles. The maximum absolute atomic E-state index is 13.6. The molecule has 2 rings (SSSR count). The highest BCUT2D eigenvalue weighted by Gasteiger charge is 2.46. The first kappa shape index (κ1) is 12.5. The van der Waals surface area contributed by atoms with Crippen molar-refractivity contribution in [3.8, 4) is 0 Å². The van der Waals surface area contributed by atoms with Crippen LogP contribution in [0.15, 0.2) is 24.3 Å². The number of likely N-dealkylation sites (tertiary alicyclic amines) is 1. The third-order valence-corrected chi connectivity index (χ3v) is 3.45. The fraction of sp³-hybridized carbons (Fsp3) is 0.385. The Balaban J connectivity index is 2.35. The van der Waals surface area contributed by atoms with E-state index in [0.717, 1.165) is 0 Å². The van der Waals surface area contributed by atoms with E-state index in [1.165, 1.54) is 30.0 Å². The summed E-state index contributed by atoms with van der Waals surface area (Å²) in [6.07, 6.45) is 1.01. The fourth-order valence-electron chi connectivity index (χ4n) is 2.29. The Morgan fingerprint density at radius 2 is 2.06 bits per heavy atom. The standard InChI is InChI=1S/C13H14FNO3/c1-13(12(17)18)7-4-8-15(13)11(16)9-5-2-3-6-10(9)14/h2-3,5-6H,4,7-8H2,1H3,(H,17,18). The topological polar surface area (TPSA) is 57.6 Å². The smallest absolute Gasteiger partial charge is 0.329 e. The minimum absolute atomic E-state index is 0.0770. The fourth-order valence-corrected chi connectivity index (χ4v) is 2.29. The normalized spacial score (nSPS) is 23.1. The second-order valence-electron chi connectivity index (χ2n) is 4.62. The van der Waals surface area contributed by atoms with E-state index in [1.54, 1.807) is 6.07 Å². The van der Waals surface area contributed by atoms with Gasteiger partial charge in [-0.05, 0) is 31.9 Å². The van der Waals surface area contributed by atoms with Gasteiger partial charge in [0.2, 0.25) is 0 Å². The van der Waals surface area contributed by atoms with E-state index in [1.807, 2.05) is 0 Å². The van der Waals surface area contributed by atoms with Crippen molar-refractivity contribution in [2.75, 3.05) is 6.54 Å². The molecule has 0 radical (unpaired) electrons. The van der Waals surface area contributed by atoms with Gasteiger partial charge < -0.3 is 10.0 Å². The Kier molecular flexibility index (Phi) is 3.07. The van der Waals surface area contributed by atoms with Gasteiger partial charge in [-0.3, -0.25) is 4.79 Å². The molecule has 1 saturated heterocycles. The van der Waals surface area contributed by atoms with Crippen LogP contribution in [0.25, 0.3) is 0 Å². The molecule has 0 aromatic heterocycles. The SMILES string of the molecule is CC1(C(=O)O)CCCN1C(=O)c1ccccc1F. The Hall–Kier alpha value is -1.91. The summed E-state index contributed by atoms with van der Waals surface area (Å²) in [5, 5.41) is 9.22. The van der Waals surface area contributed by atoms with Gasteiger partial charge in [0.05, 0.1) is 5.56 Å². The number of carboxylic acids is 1. The maximum Gasteiger partial charge on any atom is 0.329 e. The van der Waals surface area contributed by atoms with E-state index < -0.39 is 23.2 Å². The van der Waals surface area contributed by atoms with Gasteiger partial charge in [0.25, 0.3) is 5.91 Å². The van der Waals surface area contributed by atoms with E-state index in [-0.39, 0.29) is 5.56 Å². The van der Waals surface area contributed by atoms with Crippen molar-refractivity contribution in [2.24, 2.45) is 0 Å². The molecule has 0 saturated carbocycles. The van der Waals surface area contributed by atoms with Crippen molar-refractivity contribution in [3.05, 3.63) is 35.6 Å². The number of rotatable bonds is 2. The molecule has 1 atom stereocenters. The molecular formula is C13H14FNO3. The van der Waals surface area contributed by atoms with Crippen LogP contribution in [0.3, 0.4) is 0 Å². The van der Waals surface area contributed by atoms with Crippen LogP contribution in [0.2, 0.25) is 0 Å². The van der Waals surface area contributed by atoms with Crippen molar-refractivity contribution in [1.29, 1.82) is 0 Å². The molecule has 1 aliphatic rings. The molecule has 1 aliphatic heterocycles. The zero-order valence-electron chi connectivity index (χ0n) is 10.0. The Morgan fingerprint density at radius 1 is 1.39 bits per heavy atom. The predicted octanol–water partition coefficient (Wildman–Crippen LogP) is 1.91. The zero-order valence-corrected chi connectivity index (χ0v) is 10.0. The number of carbonyl (C=O) groups is 2. The molecule has 18 heavy (non-hydrogen) atoms. The predicted molar refractivity (Wildman–Crippen MR) is 62.7 cm³/mol. The van der Waals surface area contributed by atoms with Crippen molar-refractivity contribution in [1.82, 2.24) is 4.90 Å². The monoisotopic (exact) mass is 251 g/mol. The van der Waals surface area contributed by atoms with E-state index in [9.17, 15) is 19.1 Å². The number of aliphatic carboxylic acids is 1. The minimum atomic E-state index is -1.24. The van der Waals surface area contributed by atoms with Crippen LogP contribution in [0.4, 0.5) is 4.39 Å². The molecule has 96 valence electrons. The van der Waals surface area contributed by atoms with Crippen molar-refractivity contribution >= 4 is 11.9 Å². The van der Waals surface area contributed by atoms with Crippen LogP contribution in [-0.4, -0.2) is 34.0 Å². The number of carbonyl (C=O) groups excluding carboxylic acids is 1. The van der Waals surface area contributed by atoms with Gasteiger partial charge in [0.15, 0.2) is 0 Å². The van der Waals surface area contributed by atoms with Crippen LogP contribution in [0.5, 0.6) is 0 Å². The Labute approximate surface area is 104 Å². The lowest BCUT2D eigenvalue weighted by Crippen LogP contribution is -2.50. The zero-order chi connectivity index (χ0) is 13.3. The Morgan fingerprint density at radius 3 is 2.67 bits per heavy atom. The molecule has 1 aromatic carbocycles. The van der Waals surface area contributed by atoms with E-state index in [4.69, 9.17) is 0 Å². The third kappa shape index (κ3) is 1.85. The summed E-state index contributed by atoms with van der Waals surface area (Å²) in [7, 11) is 0. The molecule has 1 amide bonds. The van der Waals surface area contributed by atoms with Gasteiger partial charge in [0, 0.05) is 6.54 Å². The summed E-state index contributed by atoms with van der Waals surface area (Å²) in [5.74, 6) is -2.23. The van der Waals surface area contributed by atoms with E-state index in [2.05, 4.69) is 0 Å². The van der Waals surface area contributed by atoms with Gasteiger partial charge in [0.1, 0.15) is 11.4 Å². The van der Waals surface area contributed by atoms with Gasteiger partial charge in [-0.25, -0.2) is 9.18 Å². The van der Waals surface area contributed by atoms with Crippen LogP contribution in [0, 0.1) is 5.82 Å². The number of hydrogen-bond donors (Lipinski definition) is 1. The molecule has 4 nitrogen and oxygen atoms in total. The molecule has 1 fully saturated rings. The highest BCUT2D eigenvalue weighted by Crippen LogP contribution is 2.31. The molecule has 1 N–H and O–H groups in total.